The van der Waals surface area contributed by atoms with E-state index in [1.54, 1.807) is 31.2 Å². The van der Waals surface area contributed by atoms with Crippen molar-refractivity contribution < 1.29 is 29.1 Å². The number of nitrogens with zero attached hydrogens (tertiary/aromatic N) is 2. The number of ketones is 1. The van der Waals surface area contributed by atoms with Crippen LogP contribution in [-0.2, 0) is 14.3 Å². The van der Waals surface area contributed by atoms with Gasteiger partial charge in [0.05, 0.1) is 23.6 Å². The van der Waals surface area contributed by atoms with Crippen LogP contribution in [0.15, 0.2) is 48.0 Å². The summed E-state index contributed by atoms with van der Waals surface area (Å²) >= 11 is 0. The second kappa shape index (κ2) is 9.61. The lowest BCUT2D eigenvalue weighted by molar-refractivity contribution is -0.384. The summed E-state index contributed by atoms with van der Waals surface area (Å²) in [5.74, 6) is -1.36. The van der Waals surface area contributed by atoms with Gasteiger partial charge in [-0.05, 0) is 42.7 Å². The highest BCUT2D eigenvalue weighted by Crippen LogP contribution is 2.40. The van der Waals surface area contributed by atoms with Crippen molar-refractivity contribution in [2.45, 2.75) is 19.4 Å². The number of nitro benzene ring substituents is 1. The zero-order valence-corrected chi connectivity index (χ0v) is 18.0. The molecule has 32 heavy (non-hydrogen) atoms. The van der Waals surface area contributed by atoms with Crippen LogP contribution in [0.2, 0.25) is 0 Å². The van der Waals surface area contributed by atoms with Crippen LogP contribution in [0.3, 0.4) is 0 Å². The number of nitro groups is 1. The summed E-state index contributed by atoms with van der Waals surface area (Å²) in [6.45, 7) is 2.34. The van der Waals surface area contributed by atoms with Gasteiger partial charge < -0.3 is 19.5 Å². The molecule has 1 saturated heterocycles. The molecule has 0 radical (unpaired) electrons. The van der Waals surface area contributed by atoms with Crippen LogP contribution in [-0.4, -0.2) is 54.0 Å². The minimum atomic E-state index is -0.964. The van der Waals surface area contributed by atoms with Crippen molar-refractivity contribution in [1.82, 2.24) is 4.90 Å². The van der Waals surface area contributed by atoms with Crippen molar-refractivity contribution in [3.8, 4) is 5.75 Å². The molecule has 2 aromatic carbocycles. The molecule has 168 valence electrons. The first-order valence-electron chi connectivity index (χ1n) is 9.96. The number of likely N-dealkylation sites (tertiary alicyclic amines) is 1. The van der Waals surface area contributed by atoms with Gasteiger partial charge in [0.25, 0.3) is 17.4 Å². The van der Waals surface area contributed by atoms with E-state index in [4.69, 9.17) is 9.47 Å². The molecular weight excluding hydrogens is 416 g/mol. The highest BCUT2D eigenvalue weighted by Gasteiger charge is 2.46. The average molecular weight is 440 g/mol. The number of carbonyl (C=O) groups is 2. The molecule has 0 saturated carbocycles. The number of aliphatic hydroxyl groups is 1. The number of hydrogen-bond donors (Lipinski definition) is 1. The van der Waals surface area contributed by atoms with Crippen molar-refractivity contribution in [3.63, 3.8) is 0 Å². The third-order valence-corrected chi connectivity index (χ3v) is 5.35. The molecule has 1 N–H and O–H groups in total. The maximum Gasteiger partial charge on any atom is 0.295 e. The van der Waals surface area contributed by atoms with E-state index < -0.39 is 22.7 Å². The Bertz CT molecular complexity index is 1090. The number of non-ortho nitro benzene ring substituents is 1. The van der Waals surface area contributed by atoms with E-state index in [-0.39, 0.29) is 23.6 Å². The van der Waals surface area contributed by atoms with Crippen molar-refractivity contribution in [2.75, 3.05) is 27.4 Å². The SMILES string of the molecule is COCCCN1C(=O)C(=O)/C(=C(/O)c2ccc(OC)c(C)c2)[C@H]1c1cccc([N+](=O)[O-])c1. The zero-order chi connectivity index (χ0) is 23.4. The normalized spacial score (nSPS) is 17.6. The summed E-state index contributed by atoms with van der Waals surface area (Å²) in [7, 11) is 3.05. The van der Waals surface area contributed by atoms with Gasteiger partial charge in [0.1, 0.15) is 11.5 Å². The van der Waals surface area contributed by atoms with Crippen molar-refractivity contribution in [2.24, 2.45) is 0 Å². The van der Waals surface area contributed by atoms with E-state index in [2.05, 4.69) is 0 Å². The van der Waals surface area contributed by atoms with Crippen molar-refractivity contribution in [1.29, 1.82) is 0 Å². The van der Waals surface area contributed by atoms with Gasteiger partial charge in [0, 0.05) is 38.0 Å². The van der Waals surface area contributed by atoms with Gasteiger partial charge in [0.15, 0.2) is 0 Å². The Hall–Kier alpha value is -3.72. The summed E-state index contributed by atoms with van der Waals surface area (Å²) in [5, 5.41) is 22.4. The first kappa shape index (κ1) is 23.0. The average Bonchev–Trinajstić information content (AvgIpc) is 3.03. The first-order chi connectivity index (χ1) is 15.3. The third-order valence-electron chi connectivity index (χ3n) is 5.35. The highest BCUT2D eigenvalue weighted by atomic mass is 16.6. The monoisotopic (exact) mass is 440 g/mol. The number of aryl methyl sites for hydroxylation is 1. The van der Waals surface area contributed by atoms with Crippen molar-refractivity contribution in [3.05, 3.63) is 74.8 Å². The molecule has 1 heterocycles. The van der Waals surface area contributed by atoms with E-state index in [1.165, 1.54) is 37.3 Å². The number of aliphatic hydroxyl groups excluding tert-OH is 1. The van der Waals surface area contributed by atoms with E-state index in [0.29, 0.717) is 29.9 Å². The maximum atomic E-state index is 13.0. The van der Waals surface area contributed by atoms with Crippen LogP contribution in [0.25, 0.3) is 5.76 Å². The Morgan fingerprint density at radius 1 is 1.19 bits per heavy atom. The summed E-state index contributed by atoms with van der Waals surface area (Å²) < 4.78 is 10.3. The second-order valence-electron chi connectivity index (χ2n) is 7.38. The number of ether oxygens (including phenoxy) is 2. The van der Waals surface area contributed by atoms with Crippen LogP contribution >= 0.6 is 0 Å². The maximum absolute atomic E-state index is 13.0. The fraction of sp³-hybridized carbons (Fsp3) is 0.304. The lowest BCUT2D eigenvalue weighted by Crippen LogP contribution is -2.31. The minimum Gasteiger partial charge on any atom is -0.507 e. The smallest absolute Gasteiger partial charge is 0.295 e. The van der Waals surface area contributed by atoms with Gasteiger partial charge in [-0.3, -0.25) is 19.7 Å². The number of amides is 1. The Kier molecular flexibility index (Phi) is 6.89. The minimum absolute atomic E-state index is 0.113. The standard InChI is InChI=1S/C23H24N2O7/c1-14-12-16(8-9-18(14)32-3)21(26)19-20(15-6-4-7-17(13-15)25(29)30)24(10-5-11-31-2)23(28)22(19)27/h4,6-9,12-13,20,26H,5,10-11H2,1-3H3/b21-19+/t20-/m1/s1. The van der Waals surface area contributed by atoms with Gasteiger partial charge in [-0.15, -0.1) is 0 Å². The second-order valence-corrected chi connectivity index (χ2v) is 7.38. The molecule has 1 aliphatic heterocycles. The Morgan fingerprint density at radius 2 is 1.94 bits per heavy atom. The molecule has 1 atom stereocenters. The Balaban J connectivity index is 2.17. The molecule has 0 aromatic heterocycles. The molecule has 1 fully saturated rings. The summed E-state index contributed by atoms with van der Waals surface area (Å²) in [4.78, 5) is 37.9. The van der Waals surface area contributed by atoms with E-state index >= 15 is 0 Å². The zero-order valence-electron chi connectivity index (χ0n) is 18.0. The molecular formula is C23H24N2O7. The topological polar surface area (TPSA) is 119 Å². The largest absolute Gasteiger partial charge is 0.507 e. The summed E-state index contributed by atoms with van der Waals surface area (Å²) in [6, 6.07) is 9.65. The molecule has 9 heteroatoms. The lowest BCUT2D eigenvalue weighted by atomic mass is 9.94. The molecule has 1 aliphatic rings. The number of methoxy groups -OCH3 is 2. The number of Topliss-reactive ketones (excluding diaryl/α,β-unsaturated/α-hetero) is 1. The number of rotatable bonds is 8. The van der Waals surface area contributed by atoms with Crippen molar-refractivity contribution >= 4 is 23.1 Å². The van der Waals surface area contributed by atoms with Crippen LogP contribution in [0.5, 0.6) is 5.75 Å². The van der Waals surface area contributed by atoms with Gasteiger partial charge >= 0.3 is 0 Å². The van der Waals surface area contributed by atoms with Crippen LogP contribution in [0, 0.1) is 17.0 Å². The summed E-state index contributed by atoms with van der Waals surface area (Å²) in [6.07, 6.45) is 0.455. The highest BCUT2D eigenvalue weighted by molar-refractivity contribution is 6.46. The summed E-state index contributed by atoms with van der Waals surface area (Å²) in [5.41, 5.74) is 1.15. The van der Waals surface area contributed by atoms with Gasteiger partial charge in [0.2, 0.25) is 0 Å². The van der Waals surface area contributed by atoms with Gasteiger partial charge in [-0.1, -0.05) is 12.1 Å². The van der Waals surface area contributed by atoms with E-state index in [1.807, 2.05) is 0 Å². The number of carbonyl (C=O) groups excluding carboxylic acids is 2. The van der Waals surface area contributed by atoms with Gasteiger partial charge in [-0.25, -0.2) is 0 Å². The number of hydrogen-bond acceptors (Lipinski definition) is 7. The predicted molar refractivity (Wildman–Crippen MR) is 116 cm³/mol. The first-order valence-corrected chi connectivity index (χ1v) is 9.96. The lowest BCUT2D eigenvalue weighted by Gasteiger charge is -2.25. The molecule has 0 unspecified atom stereocenters. The molecule has 0 spiro atoms. The third kappa shape index (κ3) is 4.33. The van der Waals surface area contributed by atoms with E-state index in [9.17, 15) is 24.8 Å². The molecule has 3 rings (SSSR count). The van der Waals surface area contributed by atoms with Gasteiger partial charge in [-0.2, -0.15) is 0 Å². The fourth-order valence-corrected chi connectivity index (χ4v) is 3.83. The molecule has 2 aromatic rings. The van der Waals surface area contributed by atoms with Crippen LogP contribution in [0.1, 0.15) is 29.2 Å². The fourth-order valence-electron chi connectivity index (χ4n) is 3.83. The Morgan fingerprint density at radius 3 is 2.56 bits per heavy atom. The molecule has 1 amide bonds. The predicted octanol–water partition coefficient (Wildman–Crippen LogP) is 3.37. The van der Waals surface area contributed by atoms with Crippen LogP contribution in [0.4, 0.5) is 5.69 Å². The molecule has 0 bridgehead atoms. The number of benzene rings is 2. The van der Waals surface area contributed by atoms with E-state index in [0.717, 1.165) is 5.56 Å². The molecule has 0 aliphatic carbocycles. The van der Waals surface area contributed by atoms with Crippen LogP contribution < -0.4 is 4.74 Å². The Labute approximate surface area is 185 Å². The molecule has 9 nitrogen and oxygen atoms in total. The quantitative estimate of drug-likeness (QED) is 0.167.